The predicted molar refractivity (Wildman–Crippen MR) is 112 cm³/mol. The fourth-order valence-corrected chi connectivity index (χ4v) is 2.99. The summed E-state index contributed by atoms with van der Waals surface area (Å²) < 4.78 is 5.19. The average molecular weight is 395 g/mol. The molecule has 4 N–H and O–H groups in total. The molecule has 0 aliphatic rings. The monoisotopic (exact) mass is 395 g/mol. The number of anilines is 1. The van der Waals surface area contributed by atoms with Crippen LogP contribution in [0.3, 0.4) is 0 Å². The molecule has 1 heterocycles. The van der Waals surface area contributed by atoms with Crippen LogP contribution in [-0.4, -0.2) is 34.2 Å². The second-order valence-electron chi connectivity index (χ2n) is 7.76. The highest BCUT2D eigenvalue weighted by atomic mass is 16.6. The molecule has 29 heavy (non-hydrogen) atoms. The second-order valence-corrected chi connectivity index (χ2v) is 7.76. The summed E-state index contributed by atoms with van der Waals surface area (Å²) in [4.78, 5) is 27.6. The number of H-pyrrole nitrogens is 1. The van der Waals surface area contributed by atoms with E-state index in [0.717, 1.165) is 16.5 Å². The molecule has 0 atom stereocenters. The van der Waals surface area contributed by atoms with E-state index < -0.39 is 11.7 Å². The molecular formula is C22H25N3O4. The van der Waals surface area contributed by atoms with Gasteiger partial charge in [0.25, 0.3) is 5.91 Å². The van der Waals surface area contributed by atoms with Crippen LogP contribution in [-0.2, 0) is 11.2 Å². The van der Waals surface area contributed by atoms with Gasteiger partial charge in [0.2, 0.25) is 0 Å². The van der Waals surface area contributed by atoms with Crippen LogP contribution in [0.15, 0.2) is 48.7 Å². The Bertz CT molecular complexity index is 1030. The number of aromatic amines is 1. The third-order valence-corrected chi connectivity index (χ3v) is 4.18. The van der Waals surface area contributed by atoms with Crippen LogP contribution in [0.25, 0.3) is 10.9 Å². The van der Waals surface area contributed by atoms with E-state index in [0.29, 0.717) is 13.0 Å². The van der Waals surface area contributed by atoms with Crippen molar-refractivity contribution < 1.29 is 19.4 Å². The van der Waals surface area contributed by atoms with Crippen molar-refractivity contribution in [3.63, 3.8) is 0 Å². The van der Waals surface area contributed by atoms with Crippen LogP contribution >= 0.6 is 0 Å². The van der Waals surface area contributed by atoms with Gasteiger partial charge < -0.3 is 20.1 Å². The number of ether oxygens (including phenoxy) is 1. The van der Waals surface area contributed by atoms with Gasteiger partial charge in [-0.1, -0.05) is 18.2 Å². The number of hydrogen-bond donors (Lipinski definition) is 4. The molecule has 152 valence electrons. The molecule has 1 aromatic heterocycles. The van der Waals surface area contributed by atoms with Crippen molar-refractivity contribution in [2.45, 2.75) is 32.8 Å². The fraction of sp³-hybridized carbons (Fsp3) is 0.273. The maximum absolute atomic E-state index is 12.5. The van der Waals surface area contributed by atoms with Gasteiger partial charge in [-0.2, -0.15) is 0 Å². The zero-order valence-electron chi connectivity index (χ0n) is 16.7. The summed E-state index contributed by atoms with van der Waals surface area (Å²) in [6, 6.07) is 12.2. The number of rotatable bonds is 5. The number of benzene rings is 2. The van der Waals surface area contributed by atoms with Gasteiger partial charge in [-0.15, -0.1) is 0 Å². The highest BCUT2D eigenvalue weighted by Gasteiger charge is 2.17. The molecule has 0 saturated carbocycles. The first kappa shape index (κ1) is 20.3. The predicted octanol–water partition coefficient (Wildman–Crippen LogP) is 4.19. The van der Waals surface area contributed by atoms with Gasteiger partial charge in [-0.25, -0.2) is 4.79 Å². The number of aromatic nitrogens is 1. The molecule has 0 aliphatic carbocycles. The van der Waals surface area contributed by atoms with E-state index in [1.54, 1.807) is 20.8 Å². The van der Waals surface area contributed by atoms with Crippen LogP contribution in [0, 0.1) is 0 Å². The van der Waals surface area contributed by atoms with E-state index >= 15 is 0 Å². The number of para-hydroxylation sites is 1. The molecule has 3 rings (SSSR count). The molecule has 0 saturated heterocycles. The minimum atomic E-state index is -0.659. The Labute approximate surface area is 169 Å². The van der Waals surface area contributed by atoms with Crippen molar-refractivity contribution in [1.82, 2.24) is 10.3 Å². The van der Waals surface area contributed by atoms with E-state index in [9.17, 15) is 14.7 Å². The van der Waals surface area contributed by atoms with Crippen molar-refractivity contribution in [2.75, 3.05) is 11.9 Å². The number of aromatic hydroxyl groups is 1. The zero-order valence-corrected chi connectivity index (χ0v) is 16.7. The Morgan fingerprint density at radius 1 is 1.14 bits per heavy atom. The van der Waals surface area contributed by atoms with Crippen molar-refractivity contribution in [2.24, 2.45) is 0 Å². The first-order chi connectivity index (χ1) is 13.7. The van der Waals surface area contributed by atoms with Crippen molar-refractivity contribution in [3.05, 3.63) is 59.8 Å². The maximum Gasteiger partial charge on any atom is 0.412 e. The third-order valence-electron chi connectivity index (χ3n) is 4.18. The topological polar surface area (TPSA) is 103 Å². The summed E-state index contributed by atoms with van der Waals surface area (Å²) in [6.07, 6.45) is 1.94. The first-order valence-electron chi connectivity index (χ1n) is 9.38. The second kappa shape index (κ2) is 8.26. The highest BCUT2D eigenvalue weighted by Crippen LogP contribution is 2.21. The summed E-state index contributed by atoms with van der Waals surface area (Å²) in [6.45, 7) is 5.69. The lowest BCUT2D eigenvalue weighted by Crippen LogP contribution is -2.28. The Hall–Kier alpha value is -3.48. The smallest absolute Gasteiger partial charge is 0.412 e. The molecule has 0 radical (unpaired) electrons. The van der Waals surface area contributed by atoms with Crippen LogP contribution in [0.1, 0.15) is 36.7 Å². The number of carbonyl (C=O) groups is 2. The van der Waals surface area contributed by atoms with Crippen molar-refractivity contribution >= 4 is 28.6 Å². The zero-order chi connectivity index (χ0) is 21.0. The van der Waals surface area contributed by atoms with Gasteiger partial charge in [0.1, 0.15) is 11.4 Å². The van der Waals surface area contributed by atoms with E-state index in [4.69, 9.17) is 4.74 Å². The van der Waals surface area contributed by atoms with Crippen molar-refractivity contribution in [3.8, 4) is 5.75 Å². The summed E-state index contributed by atoms with van der Waals surface area (Å²) in [5.74, 6) is -0.465. The summed E-state index contributed by atoms with van der Waals surface area (Å²) in [5, 5.41) is 16.4. The molecule has 2 aromatic carbocycles. The summed E-state index contributed by atoms with van der Waals surface area (Å²) >= 11 is 0. The summed E-state index contributed by atoms with van der Waals surface area (Å²) in [7, 11) is 0. The van der Waals surface area contributed by atoms with Crippen LogP contribution in [0.5, 0.6) is 5.75 Å². The Balaban J connectivity index is 1.61. The maximum atomic E-state index is 12.5. The van der Waals surface area contributed by atoms with Gasteiger partial charge in [-0.05, 0) is 51.0 Å². The highest BCUT2D eigenvalue weighted by molar-refractivity contribution is 5.97. The van der Waals surface area contributed by atoms with Gasteiger partial charge in [-0.3, -0.25) is 10.1 Å². The molecule has 0 fully saturated rings. The summed E-state index contributed by atoms with van der Waals surface area (Å²) in [5.41, 5.74) is 2.04. The van der Waals surface area contributed by atoms with Gasteiger partial charge in [0, 0.05) is 41.0 Å². The minimum absolute atomic E-state index is 0.125. The van der Waals surface area contributed by atoms with Crippen LogP contribution in [0.2, 0.25) is 0 Å². The SMILES string of the molecule is CC(C)(C)OC(=O)Nc1cc(O)cc(C(=O)NCCc2c[nH]c3ccccc23)c1. The Kier molecular flexibility index (Phi) is 5.77. The quantitative estimate of drug-likeness (QED) is 0.520. The molecular weight excluding hydrogens is 370 g/mol. The molecule has 0 spiro atoms. The number of phenolic OH excluding ortho intramolecular Hbond substituents is 1. The Morgan fingerprint density at radius 3 is 2.66 bits per heavy atom. The number of hydrogen-bond acceptors (Lipinski definition) is 4. The molecule has 0 aliphatic heterocycles. The van der Waals surface area contributed by atoms with Crippen molar-refractivity contribution in [1.29, 1.82) is 0 Å². The minimum Gasteiger partial charge on any atom is -0.508 e. The average Bonchev–Trinajstić information content (AvgIpc) is 3.02. The molecule has 7 nitrogen and oxygen atoms in total. The Morgan fingerprint density at radius 2 is 1.90 bits per heavy atom. The molecule has 3 aromatic rings. The lowest BCUT2D eigenvalue weighted by atomic mass is 10.1. The van der Waals surface area contributed by atoms with Crippen LogP contribution < -0.4 is 10.6 Å². The molecule has 0 unspecified atom stereocenters. The van der Waals surface area contributed by atoms with Crippen LogP contribution in [0.4, 0.5) is 10.5 Å². The van der Waals surface area contributed by atoms with E-state index in [1.165, 1.54) is 18.2 Å². The fourth-order valence-electron chi connectivity index (χ4n) is 2.99. The number of amides is 2. The lowest BCUT2D eigenvalue weighted by Gasteiger charge is -2.19. The van der Waals surface area contributed by atoms with E-state index in [2.05, 4.69) is 15.6 Å². The standard InChI is InChI=1S/C22H25N3O4/c1-22(2,3)29-21(28)25-16-10-15(11-17(26)12-16)20(27)23-9-8-14-13-24-19-7-5-4-6-18(14)19/h4-7,10-13,24,26H,8-9H2,1-3H3,(H,23,27)(H,25,28). The van der Waals surface area contributed by atoms with Gasteiger partial charge in [0.15, 0.2) is 0 Å². The molecule has 7 heteroatoms. The number of carbonyl (C=O) groups excluding carboxylic acids is 2. The number of nitrogens with one attached hydrogen (secondary N) is 3. The number of phenols is 1. The molecule has 0 bridgehead atoms. The normalized spacial score (nSPS) is 11.3. The van der Waals surface area contributed by atoms with Gasteiger partial charge in [0.05, 0.1) is 0 Å². The largest absolute Gasteiger partial charge is 0.508 e. The first-order valence-corrected chi connectivity index (χ1v) is 9.38. The van der Waals surface area contributed by atoms with Gasteiger partial charge >= 0.3 is 6.09 Å². The lowest BCUT2D eigenvalue weighted by molar-refractivity contribution is 0.0635. The number of fused-ring (bicyclic) bond motifs is 1. The van der Waals surface area contributed by atoms with E-state index in [1.807, 2.05) is 30.5 Å². The van der Waals surface area contributed by atoms with E-state index in [-0.39, 0.29) is 22.9 Å². The molecule has 2 amide bonds. The third kappa shape index (κ3) is 5.51.